The Morgan fingerprint density at radius 1 is 0.923 bits per heavy atom. The van der Waals surface area contributed by atoms with Crippen molar-refractivity contribution in [3.8, 4) is 0 Å². The third-order valence-corrected chi connectivity index (χ3v) is 5.28. The lowest BCUT2D eigenvalue weighted by Crippen LogP contribution is -2.48. The molecule has 0 aromatic heterocycles. The molecule has 3 rings (SSSR count). The molecule has 6 heteroatoms. The van der Waals surface area contributed by atoms with Crippen molar-refractivity contribution in [2.75, 3.05) is 32.7 Å². The zero-order chi connectivity index (χ0) is 18.5. The van der Waals surface area contributed by atoms with Gasteiger partial charge < -0.3 is 14.7 Å². The Bertz CT molecular complexity index is 662. The van der Waals surface area contributed by atoms with Gasteiger partial charge in [0, 0.05) is 44.7 Å². The van der Waals surface area contributed by atoms with Crippen LogP contribution in [0, 0.1) is 0 Å². The van der Waals surface area contributed by atoms with Crippen LogP contribution in [-0.4, -0.2) is 71.2 Å². The van der Waals surface area contributed by atoms with Crippen molar-refractivity contribution in [2.24, 2.45) is 0 Å². The molecule has 0 aliphatic carbocycles. The van der Waals surface area contributed by atoms with Gasteiger partial charge in [0.25, 0.3) is 5.91 Å². The molecule has 3 amide bonds. The zero-order valence-corrected chi connectivity index (χ0v) is 15.4. The summed E-state index contributed by atoms with van der Waals surface area (Å²) in [5, 5.41) is 0. The van der Waals surface area contributed by atoms with Gasteiger partial charge in [-0.1, -0.05) is 25.1 Å². The lowest BCUT2D eigenvalue weighted by atomic mass is 10.1. The molecule has 140 valence electrons. The van der Waals surface area contributed by atoms with Crippen molar-refractivity contribution in [3.05, 3.63) is 35.9 Å². The maximum Gasteiger partial charge on any atom is 0.254 e. The summed E-state index contributed by atoms with van der Waals surface area (Å²) in [5.74, 6) is 0.0951. The van der Waals surface area contributed by atoms with Gasteiger partial charge in [-0.25, -0.2) is 0 Å². The van der Waals surface area contributed by atoms with E-state index in [-0.39, 0.29) is 23.8 Å². The second-order valence-corrected chi connectivity index (χ2v) is 6.94. The van der Waals surface area contributed by atoms with Gasteiger partial charge in [0.1, 0.15) is 6.04 Å². The van der Waals surface area contributed by atoms with E-state index in [2.05, 4.69) is 0 Å². The number of rotatable bonds is 3. The van der Waals surface area contributed by atoms with Gasteiger partial charge in [0.2, 0.25) is 11.8 Å². The molecule has 2 fully saturated rings. The van der Waals surface area contributed by atoms with Gasteiger partial charge in [-0.2, -0.15) is 0 Å². The highest BCUT2D eigenvalue weighted by Crippen LogP contribution is 2.22. The number of benzene rings is 1. The smallest absolute Gasteiger partial charge is 0.254 e. The lowest BCUT2D eigenvalue weighted by molar-refractivity contribution is -0.136. The standard InChI is InChI=1S/C20H27N3O3/c1-2-18(24)21-11-7-12-22(15-14-21)20(26)17-10-6-13-23(17)19(25)16-8-4-3-5-9-16/h3-5,8-9,17H,2,6-7,10-15H2,1H3. The quantitative estimate of drug-likeness (QED) is 0.828. The van der Waals surface area contributed by atoms with Crippen LogP contribution >= 0.6 is 0 Å². The highest BCUT2D eigenvalue weighted by atomic mass is 16.2. The Hall–Kier alpha value is -2.37. The van der Waals surface area contributed by atoms with E-state index in [1.165, 1.54) is 0 Å². The van der Waals surface area contributed by atoms with Crippen molar-refractivity contribution in [2.45, 2.75) is 38.6 Å². The molecule has 0 spiro atoms. The Morgan fingerprint density at radius 2 is 1.62 bits per heavy atom. The first-order chi connectivity index (χ1) is 12.6. The largest absolute Gasteiger partial charge is 0.341 e. The molecule has 26 heavy (non-hydrogen) atoms. The fourth-order valence-electron chi connectivity index (χ4n) is 3.83. The van der Waals surface area contributed by atoms with Gasteiger partial charge in [0.05, 0.1) is 0 Å². The second-order valence-electron chi connectivity index (χ2n) is 6.94. The molecule has 0 saturated carbocycles. The SMILES string of the molecule is CCC(=O)N1CCCN(C(=O)C2CCCN2C(=O)c2ccccc2)CC1. The van der Waals surface area contributed by atoms with E-state index < -0.39 is 0 Å². The molecular weight excluding hydrogens is 330 g/mol. The summed E-state index contributed by atoms with van der Waals surface area (Å²) in [5.41, 5.74) is 0.628. The Labute approximate surface area is 154 Å². The van der Waals surface area contributed by atoms with Crippen LogP contribution in [0.1, 0.15) is 43.0 Å². The first kappa shape index (κ1) is 18.4. The van der Waals surface area contributed by atoms with E-state index in [9.17, 15) is 14.4 Å². The van der Waals surface area contributed by atoms with Crippen LogP contribution in [0.5, 0.6) is 0 Å². The van der Waals surface area contributed by atoms with Crippen LogP contribution in [0.2, 0.25) is 0 Å². The van der Waals surface area contributed by atoms with Crippen LogP contribution < -0.4 is 0 Å². The third-order valence-electron chi connectivity index (χ3n) is 5.28. The van der Waals surface area contributed by atoms with Gasteiger partial charge in [-0.15, -0.1) is 0 Å². The minimum atomic E-state index is -0.379. The van der Waals surface area contributed by atoms with Gasteiger partial charge in [0.15, 0.2) is 0 Å². The van der Waals surface area contributed by atoms with Gasteiger partial charge >= 0.3 is 0 Å². The molecule has 0 bridgehead atoms. The minimum Gasteiger partial charge on any atom is -0.341 e. The van der Waals surface area contributed by atoms with Crippen molar-refractivity contribution in [3.63, 3.8) is 0 Å². The summed E-state index contributed by atoms with van der Waals surface area (Å²) in [7, 11) is 0. The fourth-order valence-corrected chi connectivity index (χ4v) is 3.83. The predicted molar refractivity (Wildman–Crippen MR) is 98.6 cm³/mol. The molecule has 1 aromatic carbocycles. The first-order valence-corrected chi connectivity index (χ1v) is 9.54. The minimum absolute atomic E-state index is 0.0255. The molecule has 2 aliphatic rings. The molecule has 6 nitrogen and oxygen atoms in total. The summed E-state index contributed by atoms with van der Waals surface area (Å²) >= 11 is 0. The third kappa shape index (κ3) is 3.89. The normalized spacial score (nSPS) is 20.8. The topological polar surface area (TPSA) is 60.9 Å². The molecule has 0 radical (unpaired) electrons. The Kier molecular flexibility index (Phi) is 5.91. The number of likely N-dealkylation sites (tertiary alicyclic amines) is 1. The average Bonchev–Trinajstić information content (AvgIpc) is 3.04. The van der Waals surface area contributed by atoms with E-state index in [1.807, 2.05) is 34.9 Å². The number of nitrogens with zero attached hydrogens (tertiary/aromatic N) is 3. The molecule has 2 saturated heterocycles. The van der Waals surface area contributed by atoms with E-state index in [1.54, 1.807) is 17.0 Å². The summed E-state index contributed by atoms with van der Waals surface area (Å²) in [6.45, 7) is 4.97. The van der Waals surface area contributed by atoms with Gasteiger partial charge in [-0.05, 0) is 31.4 Å². The van der Waals surface area contributed by atoms with E-state index in [4.69, 9.17) is 0 Å². The molecule has 2 heterocycles. The number of carbonyl (C=O) groups excluding carboxylic acids is 3. The van der Waals surface area contributed by atoms with Crippen LogP contribution in [-0.2, 0) is 9.59 Å². The van der Waals surface area contributed by atoms with E-state index >= 15 is 0 Å². The molecule has 0 N–H and O–H groups in total. The van der Waals surface area contributed by atoms with Crippen molar-refractivity contribution in [1.82, 2.24) is 14.7 Å². The number of carbonyl (C=O) groups is 3. The highest BCUT2D eigenvalue weighted by molar-refractivity contribution is 5.98. The van der Waals surface area contributed by atoms with E-state index in [0.29, 0.717) is 51.1 Å². The lowest BCUT2D eigenvalue weighted by Gasteiger charge is -2.29. The van der Waals surface area contributed by atoms with Crippen molar-refractivity contribution < 1.29 is 14.4 Å². The van der Waals surface area contributed by atoms with Crippen LogP contribution in [0.3, 0.4) is 0 Å². The zero-order valence-electron chi connectivity index (χ0n) is 15.4. The molecular formula is C20H27N3O3. The predicted octanol–water partition coefficient (Wildman–Crippen LogP) is 1.76. The molecule has 1 unspecified atom stereocenters. The van der Waals surface area contributed by atoms with Crippen LogP contribution in [0.4, 0.5) is 0 Å². The van der Waals surface area contributed by atoms with Crippen molar-refractivity contribution >= 4 is 17.7 Å². The maximum absolute atomic E-state index is 13.1. The summed E-state index contributed by atoms with van der Waals surface area (Å²) in [6, 6.07) is 8.77. The first-order valence-electron chi connectivity index (χ1n) is 9.54. The van der Waals surface area contributed by atoms with E-state index in [0.717, 1.165) is 12.8 Å². The molecule has 1 atom stereocenters. The monoisotopic (exact) mass is 357 g/mol. The van der Waals surface area contributed by atoms with Crippen molar-refractivity contribution in [1.29, 1.82) is 0 Å². The number of amides is 3. The average molecular weight is 357 g/mol. The fraction of sp³-hybridized carbons (Fsp3) is 0.550. The maximum atomic E-state index is 13.1. The summed E-state index contributed by atoms with van der Waals surface area (Å²) in [6.07, 6.45) is 2.85. The summed E-state index contributed by atoms with van der Waals surface area (Å²) < 4.78 is 0. The highest BCUT2D eigenvalue weighted by Gasteiger charge is 2.37. The van der Waals surface area contributed by atoms with Crippen LogP contribution in [0.25, 0.3) is 0 Å². The van der Waals surface area contributed by atoms with Crippen LogP contribution in [0.15, 0.2) is 30.3 Å². The second kappa shape index (κ2) is 8.34. The number of hydrogen-bond donors (Lipinski definition) is 0. The Morgan fingerprint density at radius 3 is 2.35 bits per heavy atom. The molecule has 1 aromatic rings. The number of hydrogen-bond acceptors (Lipinski definition) is 3. The summed E-state index contributed by atoms with van der Waals surface area (Å²) in [4.78, 5) is 43.2. The molecule has 2 aliphatic heterocycles. The Balaban J connectivity index is 1.66. The van der Waals surface area contributed by atoms with Gasteiger partial charge in [-0.3, -0.25) is 14.4 Å².